The van der Waals surface area contributed by atoms with Gasteiger partial charge in [0.1, 0.15) is 17.1 Å². The van der Waals surface area contributed by atoms with Crippen LogP contribution in [0.5, 0.6) is 0 Å². The zero-order valence-corrected chi connectivity index (χ0v) is 15.3. The summed E-state index contributed by atoms with van der Waals surface area (Å²) in [5.74, 6) is -2.97. The number of carbonyl (C=O) groups is 3. The molecule has 0 aromatic carbocycles. The molecule has 0 aliphatic rings. The molecule has 0 aliphatic heterocycles. The smallest absolute Gasteiger partial charge is 0.354 e. The normalized spacial score (nSPS) is 8.57. The first-order valence-electron chi connectivity index (χ1n) is 7.34. The Kier molecular flexibility index (Phi) is 11.8. The predicted octanol–water partition coefficient (Wildman–Crippen LogP) is 2.34. The Balaban J connectivity index is 0.000000384. The molecule has 0 bridgehead atoms. The zero-order valence-electron chi connectivity index (χ0n) is 14.2. The molecule has 0 spiro atoms. The first kappa shape index (κ1) is 24.4. The molecule has 28 heavy (non-hydrogen) atoms. The number of aromatic carboxylic acids is 3. The number of hydrogen-bond acceptors (Lipinski definition) is 6. The molecule has 3 aromatic rings. The summed E-state index contributed by atoms with van der Waals surface area (Å²) in [6, 6.07) is 14.3. The minimum absolute atomic E-state index is 0. The summed E-state index contributed by atoms with van der Waals surface area (Å²) in [6.07, 6.45) is 4.34. The maximum Gasteiger partial charge on any atom is 0.354 e. The Hall–Kier alpha value is -3.62. The quantitative estimate of drug-likeness (QED) is 0.537. The van der Waals surface area contributed by atoms with Crippen LogP contribution >= 0.6 is 0 Å². The Bertz CT molecular complexity index is 747. The van der Waals surface area contributed by atoms with Crippen molar-refractivity contribution in [1.29, 1.82) is 0 Å². The van der Waals surface area contributed by atoms with E-state index in [-0.39, 0.29) is 34.2 Å². The second kappa shape index (κ2) is 13.6. The summed E-state index contributed by atoms with van der Waals surface area (Å²) in [4.78, 5) is 41.2. The molecule has 0 amide bonds. The van der Waals surface area contributed by atoms with E-state index in [1.165, 1.54) is 36.8 Å². The molecule has 0 saturated carbocycles. The van der Waals surface area contributed by atoms with Gasteiger partial charge in [-0.3, -0.25) is 0 Å². The van der Waals surface area contributed by atoms with Gasteiger partial charge in [0.2, 0.25) is 0 Å². The standard InChI is InChI=1S/3C6H5NO2.Fe/c3*8-6(9)5-3-1-2-4-7-5;/h3*1-4H,(H,8,9);. The third-order valence-corrected chi connectivity index (χ3v) is 2.65. The van der Waals surface area contributed by atoms with E-state index >= 15 is 0 Å². The van der Waals surface area contributed by atoms with Crippen LogP contribution in [0, 0.1) is 0 Å². The molecule has 146 valence electrons. The number of carboxylic acid groups (broad SMARTS) is 3. The molecule has 0 radical (unpaired) electrons. The van der Waals surface area contributed by atoms with Gasteiger partial charge in [0, 0.05) is 35.7 Å². The van der Waals surface area contributed by atoms with Crippen molar-refractivity contribution >= 4 is 17.9 Å². The van der Waals surface area contributed by atoms with Gasteiger partial charge in [0.05, 0.1) is 0 Å². The Morgan fingerprint density at radius 2 is 0.786 bits per heavy atom. The fourth-order valence-corrected chi connectivity index (χ4v) is 1.47. The van der Waals surface area contributed by atoms with Crippen LogP contribution in [0.3, 0.4) is 0 Å². The Morgan fingerprint density at radius 1 is 0.536 bits per heavy atom. The van der Waals surface area contributed by atoms with Crippen LogP contribution in [0.15, 0.2) is 73.2 Å². The van der Waals surface area contributed by atoms with Gasteiger partial charge in [-0.2, -0.15) is 0 Å². The molecule has 0 fully saturated rings. The van der Waals surface area contributed by atoms with Crippen molar-refractivity contribution in [2.75, 3.05) is 0 Å². The van der Waals surface area contributed by atoms with Crippen molar-refractivity contribution in [2.24, 2.45) is 0 Å². The van der Waals surface area contributed by atoms with Crippen molar-refractivity contribution in [1.82, 2.24) is 15.0 Å². The zero-order chi connectivity index (χ0) is 20.1. The van der Waals surface area contributed by atoms with Gasteiger partial charge >= 0.3 is 17.9 Å². The fraction of sp³-hybridized carbons (Fsp3) is 0. The van der Waals surface area contributed by atoms with Crippen LogP contribution in [0.4, 0.5) is 0 Å². The molecule has 3 aromatic heterocycles. The molecule has 3 rings (SSSR count). The van der Waals surface area contributed by atoms with Crippen molar-refractivity contribution in [3.8, 4) is 0 Å². The fourth-order valence-electron chi connectivity index (χ4n) is 1.47. The van der Waals surface area contributed by atoms with Gasteiger partial charge < -0.3 is 15.3 Å². The first-order valence-corrected chi connectivity index (χ1v) is 7.34. The summed E-state index contributed by atoms with van der Waals surface area (Å²) in [5, 5.41) is 25.0. The minimum Gasteiger partial charge on any atom is -0.477 e. The summed E-state index contributed by atoms with van der Waals surface area (Å²) in [7, 11) is 0. The average Bonchev–Trinajstić information content (AvgIpc) is 2.71. The van der Waals surface area contributed by atoms with Crippen LogP contribution in [0.25, 0.3) is 0 Å². The van der Waals surface area contributed by atoms with E-state index in [9.17, 15) is 14.4 Å². The second-order valence-electron chi connectivity index (χ2n) is 4.56. The average molecular weight is 425 g/mol. The maximum atomic E-state index is 10.1. The van der Waals surface area contributed by atoms with Crippen LogP contribution in [-0.4, -0.2) is 48.2 Å². The van der Waals surface area contributed by atoms with E-state index < -0.39 is 17.9 Å². The van der Waals surface area contributed by atoms with Gasteiger partial charge in [0.25, 0.3) is 0 Å². The monoisotopic (exact) mass is 425 g/mol. The van der Waals surface area contributed by atoms with E-state index in [1.54, 1.807) is 36.4 Å². The van der Waals surface area contributed by atoms with Crippen molar-refractivity contribution in [3.05, 3.63) is 90.3 Å². The van der Waals surface area contributed by atoms with E-state index in [1.807, 2.05) is 0 Å². The van der Waals surface area contributed by atoms with Gasteiger partial charge in [-0.25, -0.2) is 29.3 Å². The van der Waals surface area contributed by atoms with Crippen LogP contribution in [0.1, 0.15) is 31.5 Å². The Labute approximate surface area is 170 Å². The summed E-state index contributed by atoms with van der Waals surface area (Å²) in [5.41, 5.74) is 0.243. The molecule has 3 N–H and O–H groups in total. The summed E-state index contributed by atoms with van der Waals surface area (Å²) >= 11 is 0. The molecule has 0 unspecified atom stereocenters. The number of rotatable bonds is 3. The molecule has 0 atom stereocenters. The summed E-state index contributed by atoms with van der Waals surface area (Å²) in [6.45, 7) is 0. The molecule has 0 saturated heterocycles. The van der Waals surface area contributed by atoms with Gasteiger partial charge in [-0.05, 0) is 36.4 Å². The molecule has 3 heterocycles. The van der Waals surface area contributed by atoms with Crippen molar-refractivity contribution in [3.63, 3.8) is 0 Å². The van der Waals surface area contributed by atoms with E-state index in [4.69, 9.17) is 15.3 Å². The number of aromatic nitrogens is 3. The van der Waals surface area contributed by atoms with E-state index in [0.29, 0.717) is 0 Å². The van der Waals surface area contributed by atoms with Gasteiger partial charge in [0.15, 0.2) is 0 Å². The molecule has 9 nitrogen and oxygen atoms in total. The van der Waals surface area contributed by atoms with Gasteiger partial charge in [-0.1, -0.05) is 18.2 Å². The van der Waals surface area contributed by atoms with Crippen LogP contribution in [0.2, 0.25) is 0 Å². The third-order valence-electron chi connectivity index (χ3n) is 2.65. The topological polar surface area (TPSA) is 151 Å². The SMILES string of the molecule is O=C(O)c1ccccn1.O=C(O)c1ccccn1.O=C(O)c1ccccn1.[Fe]. The van der Waals surface area contributed by atoms with E-state index in [2.05, 4.69) is 15.0 Å². The first-order chi connectivity index (χ1) is 12.9. The van der Waals surface area contributed by atoms with Gasteiger partial charge in [-0.15, -0.1) is 0 Å². The maximum absolute atomic E-state index is 10.1. The number of hydrogen-bond donors (Lipinski definition) is 3. The third kappa shape index (κ3) is 9.76. The molecular weight excluding hydrogens is 410 g/mol. The number of carboxylic acids is 3. The predicted molar refractivity (Wildman–Crippen MR) is 93.6 cm³/mol. The van der Waals surface area contributed by atoms with Crippen LogP contribution in [-0.2, 0) is 17.1 Å². The number of pyridine rings is 3. The largest absolute Gasteiger partial charge is 0.477 e. The summed E-state index contributed by atoms with van der Waals surface area (Å²) < 4.78 is 0. The molecule has 0 aliphatic carbocycles. The Morgan fingerprint density at radius 3 is 0.893 bits per heavy atom. The van der Waals surface area contributed by atoms with E-state index in [0.717, 1.165) is 0 Å². The number of nitrogens with zero attached hydrogens (tertiary/aromatic N) is 3. The van der Waals surface area contributed by atoms with Crippen molar-refractivity contribution < 1.29 is 46.8 Å². The molecule has 10 heteroatoms. The second-order valence-corrected chi connectivity index (χ2v) is 4.56. The molecular formula is C18H15FeN3O6. The van der Waals surface area contributed by atoms with Crippen molar-refractivity contribution in [2.45, 2.75) is 0 Å². The minimum atomic E-state index is -0.990. The van der Waals surface area contributed by atoms with Crippen LogP contribution < -0.4 is 0 Å².